The summed E-state index contributed by atoms with van der Waals surface area (Å²) in [6.07, 6.45) is 0.759. The van der Waals surface area contributed by atoms with E-state index in [0.717, 1.165) is 0 Å². The summed E-state index contributed by atoms with van der Waals surface area (Å²) in [5, 5.41) is 8.13. The van der Waals surface area contributed by atoms with E-state index in [4.69, 9.17) is 5.11 Å². The van der Waals surface area contributed by atoms with Crippen molar-refractivity contribution in [2.24, 2.45) is 0 Å². The van der Waals surface area contributed by atoms with Gasteiger partial charge in [0.15, 0.2) is 0 Å². The zero-order valence-corrected chi connectivity index (χ0v) is 8.93. The molecule has 6 heavy (non-hydrogen) atoms. The van der Waals surface area contributed by atoms with Crippen molar-refractivity contribution in [3.05, 3.63) is 19.6 Å². The Hall–Kier alpha value is 1.51. The zero-order valence-electron chi connectivity index (χ0n) is 4.02. The van der Waals surface area contributed by atoms with Gasteiger partial charge in [0.2, 0.25) is 0 Å². The Morgan fingerprint density at radius 3 is 2.00 bits per heavy atom. The van der Waals surface area contributed by atoms with Gasteiger partial charge in [-0.15, -0.1) is 6.58 Å². The second-order valence-corrected chi connectivity index (χ2v) is 0.803. The van der Waals surface area contributed by atoms with Crippen LogP contribution in [0.1, 0.15) is 0 Å². The van der Waals surface area contributed by atoms with Gasteiger partial charge in [-0.1, -0.05) is 12.2 Å². The van der Waals surface area contributed by atoms with Gasteiger partial charge in [-0.05, 0) is 0 Å². The molecule has 2 heteroatoms. The maximum absolute atomic E-state index is 8.13. The fourth-order valence-electron chi connectivity index (χ4n) is 0. The minimum absolute atomic E-state index is 0. The van der Waals surface area contributed by atoms with Crippen LogP contribution >= 0.6 is 0 Å². The van der Waals surface area contributed by atoms with Crippen LogP contribution in [0.2, 0.25) is 0 Å². The summed E-state index contributed by atoms with van der Waals surface area (Å²) in [5.41, 5.74) is 0. The van der Waals surface area contributed by atoms with Crippen molar-refractivity contribution in [3.63, 3.8) is 0 Å². The van der Waals surface area contributed by atoms with Gasteiger partial charge in [-0.2, -0.15) is 0 Å². The average molecular weight is 157 g/mol. The van der Waals surface area contributed by atoms with Crippen molar-refractivity contribution < 1.29 is 63.3 Å². The fourth-order valence-corrected chi connectivity index (χ4v) is 0. The van der Waals surface area contributed by atoms with Gasteiger partial charge in [0.05, 0.1) is 0 Å². The summed E-state index contributed by atoms with van der Waals surface area (Å²) in [6.45, 7) is 6.44. The molecule has 0 saturated carbocycles. The van der Waals surface area contributed by atoms with Crippen molar-refractivity contribution in [2.75, 3.05) is 0 Å². The Morgan fingerprint density at radius 1 is 1.83 bits per heavy atom. The molecule has 1 N–H and O–H groups in total. The first kappa shape index (κ1) is 10.5. The molecule has 0 aliphatic rings. The van der Waals surface area contributed by atoms with Crippen molar-refractivity contribution in [1.82, 2.24) is 0 Å². The molecule has 0 bridgehead atoms. The van der Waals surface area contributed by atoms with Crippen LogP contribution in [0.5, 0.6) is 0 Å². The second kappa shape index (κ2) is 6.51. The van der Waals surface area contributed by atoms with Gasteiger partial charge in [-0.3, -0.25) is 0 Å². The average Bonchev–Trinajstić information content (AvgIpc) is 1.38. The molecule has 0 amide bonds. The summed E-state index contributed by atoms with van der Waals surface area (Å²) >= 11 is 0. The number of aliphatic hydroxyl groups excluding tert-OH is 1. The first-order valence-electron chi connectivity index (χ1n) is 1.41. The zero-order chi connectivity index (χ0) is 4.28. The first-order valence-corrected chi connectivity index (χ1v) is 1.41. The molecule has 0 aromatic carbocycles. The predicted molar refractivity (Wildman–Crippen MR) is 21.6 cm³/mol. The van der Waals surface area contributed by atoms with Gasteiger partial charge in [0.1, 0.15) is 0 Å². The summed E-state index contributed by atoms with van der Waals surface area (Å²) in [4.78, 5) is 0. The van der Waals surface area contributed by atoms with Crippen LogP contribution in [0.3, 0.4) is 0 Å². The summed E-state index contributed by atoms with van der Waals surface area (Å²) in [7, 11) is 0. The van der Waals surface area contributed by atoms with Gasteiger partial charge in [-0.25, -0.2) is 0 Å². The van der Waals surface area contributed by atoms with Crippen LogP contribution in [0.25, 0.3) is 0 Å². The van der Waals surface area contributed by atoms with Gasteiger partial charge >= 0.3 is 58.2 Å². The van der Waals surface area contributed by atoms with Crippen molar-refractivity contribution >= 4 is 0 Å². The minimum Gasteiger partial charge on any atom is -0.421 e. The number of hydrogen-bond donors (Lipinski definition) is 1. The van der Waals surface area contributed by atoms with Crippen LogP contribution in [0.4, 0.5) is 0 Å². The molecule has 0 aliphatic carbocycles. The largest absolute Gasteiger partial charge is 1.00 e. The number of rotatable bonds is 1. The molecule has 0 rings (SSSR count). The molecule has 1 atom stereocenters. The molecule has 0 aromatic heterocycles. The maximum Gasteiger partial charge on any atom is 1.00 e. The second-order valence-electron chi connectivity index (χ2n) is 0.803. The summed E-state index contributed by atoms with van der Waals surface area (Å²) in [5.74, 6) is 0. The standard InChI is InChI=1S/C4H7O.Rb/c1-3-4(2)5;/h3-5H,1-2H2;/q-1;+1. The van der Waals surface area contributed by atoms with E-state index >= 15 is 0 Å². The molecule has 30 valence electrons. The molecule has 0 saturated heterocycles. The maximum atomic E-state index is 8.13. The monoisotopic (exact) mass is 156 g/mol. The molecular weight excluding hydrogens is 150 g/mol. The molecule has 0 spiro atoms. The Balaban J connectivity index is 0. The Labute approximate surface area is 87.2 Å². The number of aliphatic hydroxyl groups is 1. The van der Waals surface area contributed by atoms with Crippen LogP contribution in [0.15, 0.2) is 12.7 Å². The van der Waals surface area contributed by atoms with Crippen molar-refractivity contribution in [2.45, 2.75) is 6.10 Å². The van der Waals surface area contributed by atoms with Crippen LogP contribution < -0.4 is 58.2 Å². The normalized spacial score (nSPS) is 11.7. The SMILES string of the molecule is C=CC([CH2-])O.[Rb+]. The predicted octanol–water partition coefficient (Wildman–Crippen LogP) is -2.63. The quantitative estimate of drug-likeness (QED) is 0.326. The van der Waals surface area contributed by atoms with E-state index in [1.165, 1.54) is 6.08 Å². The van der Waals surface area contributed by atoms with Crippen LogP contribution in [-0.4, -0.2) is 11.2 Å². The molecule has 0 radical (unpaired) electrons. The van der Waals surface area contributed by atoms with Crippen molar-refractivity contribution in [3.8, 4) is 0 Å². The van der Waals surface area contributed by atoms with Crippen LogP contribution in [0, 0.1) is 6.92 Å². The van der Waals surface area contributed by atoms with E-state index in [1.807, 2.05) is 0 Å². The van der Waals surface area contributed by atoms with E-state index in [0.29, 0.717) is 0 Å². The van der Waals surface area contributed by atoms with E-state index in [9.17, 15) is 0 Å². The van der Waals surface area contributed by atoms with E-state index in [2.05, 4.69) is 13.5 Å². The van der Waals surface area contributed by atoms with E-state index in [-0.39, 0.29) is 58.2 Å². The fraction of sp³-hybridized carbons (Fsp3) is 0.250. The molecule has 0 aliphatic heterocycles. The number of hydrogen-bond acceptors (Lipinski definition) is 1. The van der Waals surface area contributed by atoms with E-state index < -0.39 is 6.10 Å². The van der Waals surface area contributed by atoms with Gasteiger partial charge in [0, 0.05) is 0 Å². The third-order valence-electron chi connectivity index (χ3n) is 0.272. The molecule has 0 aromatic rings. The first-order chi connectivity index (χ1) is 2.27. The topological polar surface area (TPSA) is 20.2 Å². The third-order valence-corrected chi connectivity index (χ3v) is 0.272. The Kier molecular flexibility index (Phi) is 11.4. The molecule has 0 heterocycles. The van der Waals surface area contributed by atoms with Crippen molar-refractivity contribution in [1.29, 1.82) is 0 Å². The Bertz CT molecular complexity index is 34.5. The van der Waals surface area contributed by atoms with Crippen LogP contribution in [-0.2, 0) is 0 Å². The minimum atomic E-state index is -0.602. The molecule has 1 unspecified atom stereocenters. The van der Waals surface area contributed by atoms with E-state index in [1.54, 1.807) is 0 Å². The molecule has 0 fully saturated rings. The molecular formula is C4H7ORb. The smallest absolute Gasteiger partial charge is 0.421 e. The third kappa shape index (κ3) is 9.09. The summed E-state index contributed by atoms with van der Waals surface area (Å²) < 4.78 is 0. The van der Waals surface area contributed by atoms with Gasteiger partial charge in [0.25, 0.3) is 0 Å². The van der Waals surface area contributed by atoms with Gasteiger partial charge < -0.3 is 12.0 Å². The Morgan fingerprint density at radius 2 is 2.00 bits per heavy atom. The summed E-state index contributed by atoms with van der Waals surface area (Å²) in [6, 6.07) is 0. The molecule has 1 nitrogen and oxygen atoms in total.